The van der Waals surface area contributed by atoms with E-state index in [9.17, 15) is 9.90 Å². The summed E-state index contributed by atoms with van der Waals surface area (Å²) in [5.74, 6) is 1.75. The number of carbonyl (C=O) groups is 5. The fraction of sp³-hybridized carbons (Fsp3) is 0.298. The van der Waals surface area contributed by atoms with Crippen molar-refractivity contribution in [2.24, 2.45) is 11.8 Å². The number of hydrogen-bond acceptors (Lipinski definition) is 12. The van der Waals surface area contributed by atoms with Crippen molar-refractivity contribution in [3.05, 3.63) is 167 Å². The van der Waals surface area contributed by atoms with Crippen molar-refractivity contribution in [2.75, 3.05) is 30.5 Å². The number of imide groups is 1. The Morgan fingerprint density at radius 1 is 0.889 bits per heavy atom. The van der Waals surface area contributed by atoms with Gasteiger partial charge < -0.3 is 30.0 Å². The highest BCUT2D eigenvalue weighted by Crippen LogP contribution is 2.67. The smallest absolute Gasteiger partial charge is 0.329 e. The lowest BCUT2D eigenvalue weighted by molar-refractivity contribution is -0.178. The van der Waals surface area contributed by atoms with Crippen LogP contribution < -0.4 is 20.3 Å². The number of carbonyl (C=O) groups excluding carboxylic acids is 5. The molecule has 3 aliphatic heterocycles. The molecule has 0 unspecified atom stereocenters. The predicted octanol–water partition coefficient (Wildman–Crippen LogP) is 8.73. The number of nitrogens with zero attached hydrogens (tertiary/aromatic N) is 3. The second-order valence-electron chi connectivity index (χ2n) is 18.6. The van der Waals surface area contributed by atoms with E-state index in [1.54, 1.807) is 56.3 Å². The summed E-state index contributed by atoms with van der Waals surface area (Å²) in [4.78, 5) is 84.7. The molecule has 4 amide bonds. The van der Waals surface area contributed by atoms with Crippen LogP contribution in [0.2, 0.25) is 0 Å². The minimum absolute atomic E-state index is 0.118. The molecule has 0 saturated carbocycles. The molecular weight excluding hydrogens is 931 g/mol. The van der Waals surface area contributed by atoms with Gasteiger partial charge in [0.1, 0.15) is 36.0 Å². The maximum atomic E-state index is 16.8. The first kappa shape index (κ1) is 48.0. The molecule has 1 spiro atoms. The molecule has 10 rings (SSSR count). The Labute approximate surface area is 421 Å². The number of nitrogens with one attached hydrogen (secondary N) is 2. The van der Waals surface area contributed by atoms with Gasteiger partial charge in [-0.15, -0.1) is 0 Å². The number of aliphatic hydroxyl groups excluding tert-OH is 1. The number of cyclic esters (lactones) is 1. The summed E-state index contributed by atoms with van der Waals surface area (Å²) in [6.07, 6.45) is 4.94. The van der Waals surface area contributed by atoms with Gasteiger partial charge in [-0.25, -0.2) is 19.5 Å². The van der Waals surface area contributed by atoms with E-state index in [-0.39, 0.29) is 35.3 Å². The Bertz CT molecular complexity index is 3130. The number of allylic oxidation sites excluding steroid dienone is 2. The molecule has 0 radical (unpaired) electrons. The number of para-hydroxylation sites is 2. The predicted molar refractivity (Wildman–Crippen MR) is 272 cm³/mol. The van der Waals surface area contributed by atoms with Crippen molar-refractivity contribution in [1.29, 1.82) is 0 Å². The summed E-state index contributed by atoms with van der Waals surface area (Å²) in [6.45, 7) is 3.01. The van der Waals surface area contributed by atoms with E-state index >= 15 is 19.2 Å². The van der Waals surface area contributed by atoms with Crippen molar-refractivity contribution in [1.82, 2.24) is 15.2 Å². The number of amides is 4. The van der Waals surface area contributed by atoms with E-state index < -0.39 is 77.3 Å². The highest BCUT2D eigenvalue weighted by molar-refractivity contribution is 7.22. The number of urea groups is 1. The molecule has 14 nitrogen and oxygen atoms in total. The molecule has 72 heavy (non-hydrogen) atoms. The van der Waals surface area contributed by atoms with Crippen LogP contribution in [-0.2, 0) is 34.1 Å². The average Bonchev–Trinajstić information content (AvgIpc) is 4.05. The average molecular weight is 984 g/mol. The molecule has 4 heterocycles. The molecule has 0 bridgehead atoms. The van der Waals surface area contributed by atoms with Crippen LogP contribution in [0.25, 0.3) is 10.2 Å². The van der Waals surface area contributed by atoms with Crippen LogP contribution in [0.4, 0.5) is 15.6 Å². The number of benzene rings is 5. The number of aliphatic hydroxyl groups is 1. The highest BCUT2D eigenvalue weighted by Gasteiger charge is 2.76. The Morgan fingerprint density at radius 3 is 2.32 bits per heavy atom. The molecule has 6 aromatic rings. The van der Waals surface area contributed by atoms with Gasteiger partial charge in [0, 0.05) is 11.1 Å². The van der Waals surface area contributed by atoms with Crippen LogP contribution in [-0.4, -0.2) is 77.2 Å². The number of morpholine rings is 1. The van der Waals surface area contributed by atoms with Gasteiger partial charge in [0.25, 0.3) is 0 Å². The molecule has 15 heteroatoms. The number of fused-ring (bicyclic) bond motifs is 4. The fourth-order valence-corrected chi connectivity index (χ4v) is 11.9. The second kappa shape index (κ2) is 20.2. The summed E-state index contributed by atoms with van der Waals surface area (Å²) in [6, 6.07) is 32.5. The first-order chi connectivity index (χ1) is 35.0. The number of thiazole rings is 1. The quantitative estimate of drug-likeness (QED) is 0.0836. The number of anilines is 2. The molecular formula is C57H53N5O9S. The van der Waals surface area contributed by atoms with Crippen LogP contribution in [0.3, 0.4) is 0 Å². The van der Waals surface area contributed by atoms with Crippen LogP contribution in [0.1, 0.15) is 85.5 Å². The lowest BCUT2D eigenvalue weighted by Crippen LogP contribution is -2.57. The number of hydrogen-bond donors (Lipinski definition) is 3. The van der Waals surface area contributed by atoms with Crippen molar-refractivity contribution < 1.29 is 43.3 Å². The summed E-state index contributed by atoms with van der Waals surface area (Å²) in [5.41, 5.74) is 2.06. The number of rotatable bonds is 11. The summed E-state index contributed by atoms with van der Waals surface area (Å²) in [5, 5.41) is 16.2. The lowest BCUT2D eigenvalue weighted by atomic mass is 9.65. The first-order valence-corrected chi connectivity index (χ1v) is 25.0. The van der Waals surface area contributed by atoms with Crippen molar-refractivity contribution >= 4 is 62.2 Å². The lowest BCUT2D eigenvalue weighted by Gasteiger charge is -2.46. The molecule has 5 aromatic carbocycles. The zero-order valence-electron chi connectivity index (χ0n) is 39.9. The van der Waals surface area contributed by atoms with Crippen LogP contribution in [0, 0.1) is 23.7 Å². The molecule has 1 aromatic heterocycles. The standard InChI is InChI=1S/C57H53N5O9S/c1-34(2)46(52(65)69-3)59-56(68)61-42-30-29-36(28-27-35-17-7-4-8-18-35)33-40(42)57(54(61)67)45(51(64)60-55-58-41-24-14-16-26-44(41)72-55)48-53(66)71-49(38-21-11-6-12-22-38)47(37-19-9-5-10-20-37)62(48)50(57)39-23-13-15-25-43(39)70-32-31-63/h5-6,9-17,19-26,29-30,33-34,45-50,63H,4,7-8,18,31-32H2,1-3H3,(H,59,68)(H,58,60,64)/t45-,46+,47-,48-,49+,50+,57-/m1/s1. The zero-order valence-corrected chi connectivity index (χ0v) is 40.8. The summed E-state index contributed by atoms with van der Waals surface area (Å²) >= 11 is 1.23. The zero-order chi connectivity index (χ0) is 50.1. The van der Waals surface area contributed by atoms with E-state index in [0.29, 0.717) is 27.8 Å². The Balaban J connectivity index is 1.29. The molecule has 2 fully saturated rings. The third kappa shape index (κ3) is 8.48. The van der Waals surface area contributed by atoms with Gasteiger partial charge in [0.15, 0.2) is 5.13 Å². The Kier molecular flexibility index (Phi) is 13.5. The Morgan fingerprint density at radius 2 is 1.61 bits per heavy atom. The third-order valence-electron chi connectivity index (χ3n) is 14.1. The van der Waals surface area contributed by atoms with E-state index in [1.165, 1.54) is 18.4 Å². The van der Waals surface area contributed by atoms with E-state index in [1.807, 2.05) is 89.8 Å². The molecule has 3 N–H and O–H groups in total. The van der Waals surface area contributed by atoms with Crippen LogP contribution in [0.15, 0.2) is 139 Å². The van der Waals surface area contributed by atoms with Crippen LogP contribution >= 0.6 is 11.3 Å². The monoisotopic (exact) mass is 983 g/mol. The van der Waals surface area contributed by atoms with Gasteiger partial charge in [-0.2, -0.15) is 0 Å². The largest absolute Gasteiger partial charge is 0.491 e. The third-order valence-corrected chi connectivity index (χ3v) is 15.0. The number of aromatic nitrogens is 1. The Hall–Kier alpha value is -7.64. The van der Waals surface area contributed by atoms with E-state index in [0.717, 1.165) is 40.9 Å². The minimum Gasteiger partial charge on any atom is -0.491 e. The normalized spacial score (nSPS) is 22.8. The van der Waals surface area contributed by atoms with Crippen LogP contribution in [0.5, 0.6) is 5.75 Å². The number of methoxy groups -OCH3 is 1. The molecule has 366 valence electrons. The molecule has 2 saturated heterocycles. The van der Waals surface area contributed by atoms with Gasteiger partial charge in [-0.05, 0) is 90.3 Å². The van der Waals surface area contributed by atoms with Gasteiger partial charge in [-0.3, -0.25) is 19.3 Å². The summed E-state index contributed by atoms with van der Waals surface area (Å²) in [7, 11) is 1.22. The number of esters is 2. The maximum Gasteiger partial charge on any atom is 0.329 e. The topological polar surface area (TPSA) is 177 Å². The van der Waals surface area contributed by atoms with Gasteiger partial charge in [0.05, 0.1) is 47.6 Å². The number of ether oxygens (including phenoxy) is 3. The summed E-state index contributed by atoms with van der Waals surface area (Å²) < 4.78 is 18.9. The van der Waals surface area contributed by atoms with E-state index in [2.05, 4.69) is 28.6 Å². The van der Waals surface area contributed by atoms with Crippen molar-refractivity contribution in [3.8, 4) is 17.6 Å². The second-order valence-corrected chi connectivity index (χ2v) is 19.7. The van der Waals surface area contributed by atoms with Gasteiger partial charge >= 0.3 is 18.0 Å². The molecule has 7 atom stereocenters. The maximum absolute atomic E-state index is 16.8. The van der Waals surface area contributed by atoms with Crippen molar-refractivity contribution in [2.45, 2.75) is 75.2 Å². The van der Waals surface area contributed by atoms with Gasteiger partial charge in [-0.1, -0.05) is 134 Å². The van der Waals surface area contributed by atoms with Crippen molar-refractivity contribution in [3.63, 3.8) is 0 Å². The minimum atomic E-state index is -2.17. The highest BCUT2D eigenvalue weighted by atomic mass is 32.1. The molecule has 1 aliphatic carbocycles. The first-order valence-electron chi connectivity index (χ1n) is 24.2. The van der Waals surface area contributed by atoms with Gasteiger partial charge in [0.2, 0.25) is 11.8 Å². The molecule has 4 aliphatic rings. The fourth-order valence-electron chi connectivity index (χ4n) is 11.0. The van der Waals surface area contributed by atoms with E-state index in [4.69, 9.17) is 19.2 Å². The SMILES string of the molecule is COC(=O)[C@@H](NC(=O)N1C(=O)[C@@]2(c3cc(C#CC4=CCCCC4)ccc31)[C@H](c1ccccc1OCCO)N1[C@H](c3ccccc3)[C@H](c3ccccc3)OC(=O)[C@H]1[C@@H]2C(=O)Nc1nc2ccccc2s1)C(C)C.